The molecular formula is C15H17ClFN3O. The number of halogens is 2. The first-order valence-electron chi connectivity index (χ1n) is 6.64. The van der Waals surface area contributed by atoms with Gasteiger partial charge in [0.1, 0.15) is 5.82 Å². The highest BCUT2D eigenvalue weighted by molar-refractivity contribution is 6.31. The highest BCUT2D eigenvalue weighted by atomic mass is 35.5. The molecule has 1 aromatic heterocycles. The largest absolute Gasteiger partial charge is 0.324 e. The molecule has 2 aromatic rings. The fourth-order valence-corrected chi connectivity index (χ4v) is 2.18. The standard InChI is InChI=1S/C15H17ClFN3O/c1-9-4-5-12(17)13(8-9)18-14(21)6-7-20-11(3)15(16)10(2)19-20/h4-5,8H,6-7H2,1-3H3,(H,18,21). The van der Waals surface area contributed by atoms with Gasteiger partial charge in [-0.25, -0.2) is 4.39 Å². The quantitative estimate of drug-likeness (QED) is 0.937. The molecule has 0 unspecified atom stereocenters. The molecule has 1 heterocycles. The third-order valence-electron chi connectivity index (χ3n) is 3.24. The Morgan fingerprint density at radius 3 is 2.71 bits per heavy atom. The van der Waals surface area contributed by atoms with Crippen LogP contribution in [0.25, 0.3) is 0 Å². The van der Waals surface area contributed by atoms with Crippen LogP contribution in [-0.2, 0) is 11.3 Å². The van der Waals surface area contributed by atoms with Gasteiger partial charge < -0.3 is 5.32 Å². The minimum atomic E-state index is -0.442. The van der Waals surface area contributed by atoms with Crippen LogP contribution in [0.2, 0.25) is 5.02 Å². The summed E-state index contributed by atoms with van der Waals surface area (Å²) in [5.41, 5.74) is 2.64. The van der Waals surface area contributed by atoms with Crippen LogP contribution < -0.4 is 5.32 Å². The van der Waals surface area contributed by atoms with Gasteiger partial charge in [0.05, 0.1) is 28.6 Å². The second-order valence-corrected chi connectivity index (χ2v) is 5.37. The van der Waals surface area contributed by atoms with Crippen molar-refractivity contribution >= 4 is 23.2 Å². The summed E-state index contributed by atoms with van der Waals surface area (Å²) in [7, 11) is 0. The second-order valence-electron chi connectivity index (χ2n) is 4.99. The van der Waals surface area contributed by atoms with Crippen molar-refractivity contribution in [2.24, 2.45) is 0 Å². The third kappa shape index (κ3) is 3.61. The van der Waals surface area contributed by atoms with E-state index in [1.54, 1.807) is 16.8 Å². The lowest BCUT2D eigenvalue weighted by molar-refractivity contribution is -0.116. The molecule has 0 aliphatic carbocycles. The summed E-state index contributed by atoms with van der Waals surface area (Å²) in [4.78, 5) is 11.9. The monoisotopic (exact) mass is 309 g/mol. The Bertz CT molecular complexity index is 682. The minimum Gasteiger partial charge on any atom is -0.324 e. The number of hydrogen-bond donors (Lipinski definition) is 1. The molecule has 0 fully saturated rings. The highest BCUT2D eigenvalue weighted by Gasteiger charge is 2.11. The van der Waals surface area contributed by atoms with Crippen LogP contribution in [0.3, 0.4) is 0 Å². The van der Waals surface area contributed by atoms with Crippen molar-refractivity contribution < 1.29 is 9.18 Å². The lowest BCUT2D eigenvalue weighted by atomic mass is 10.2. The van der Waals surface area contributed by atoms with Crippen molar-refractivity contribution in [1.82, 2.24) is 9.78 Å². The lowest BCUT2D eigenvalue weighted by Gasteiger charge is -2.08. The van der Waals surface area contributed by atoms with Gasteiger partial charge in [0.2, 0.25) is 5.91 Å². The SMILES string of the molecule is Cc1ccc(F)c(NC(=O)CCn2nc(C)c(Cl)c2C)c1. The molecule has 1 aromatic carbocycles. The van der Waals surface area contributed by atoms with Crippen molar-refractivity contribution in [3.63, 3.8) is 0 Å². The Morgan fingerprint density at radius 1 is 1.38 bits per heavy atom. The molecule has 2 rings (SSSR count). The number of benzene rings is 1. The Labute approximate surface area is 127 Å². The van der Waals surface area contributed by atoms with Crippen molar-refractivity contribution in [1.29, 1.82) is 0 Å². The molecule has 0 saturated carbocycles. The third-order valence-corrected chi connectivity index (χ3v) is 3.79. The number of aryl methyl sites for hydroxylation is 3. The average molecular weight is 310 g/mol. The molecular weight excluding hydrogens is 293 g/mol. The molecule has 21 heavy (non-hydrogen) atoms. The second kappa shape index (κ2) is 6.26. The van der Waals surface area contributed by atoms with Crippen LogP contribution >= 0.6 is 11.6 Å². The molecule has 112 valence electrons. The molecule has 0 aliphatic heterocycles. The van der Waals surface area contributed by atoms with E-state index in [0.717, 1.165) is 17.0 Å². The fraction of sp³-hybridized carbons (Fsp3) is 0.333. The minimum absolute atomic E-state index is 0.200. The molecule has 1 amide bonds. The zero-order chi connectivity index (χ0) is 15.6. The van der Waals surface area contributed by atoms with Gasteiger partial charge >= 0.3 is 0 Å². The Hall–Kier alpha value is -1.88. The van der Waals surface area contributed by atoms with Gasteiger partial charge in [-0.1, -0.05) is 17.7 Å². The van der Waals surface area contributed by atoms with Crippen molar-refractivity contribution in [3.8, 4) is 0 Å². The number of hydrogen-bond acceptors (Lipinski definition) is 2. The molecule has 0 spiro atoms. The molecule has 1 N–H and O–H groups in total. The van der Waals surface area contributed by atoms with Crippen LogP contribution in [0, 0.1) is 26.6 Å². The maximum Gasteiger partial charge on any atom is 0.226 e. The predicted octanol–water partition coefficient (Wildman–Crippen LogP) is 3.63. The van der Waals surface area contributed by atoms with Crippen LogP contribution in [0.4, 0.5) is 10.1 Å². The summed E-state index contributed by atoms with van der Waals surface area (Å²) in [5.74, 6) is -0.703. The normalized spacial score (nSPS) is 10.7. The van der Waals surface area contributed by atoms with Crippen molar-refractivity contribution in [2.45, 2.75) is 33.7 Å². The maximum absolute atomic E-state index is 13.6. The number of anilines is 1. The van der Waals surface area contributed by atoms with Gasteiger partial charge in [-0.3, -0.25) is 9.48 Å². The van der Waals surface area contributed by atoms with Gasteiger partial charge in [-0.15, -0.1) is 0 Å². The van der Waals surface area contributed by atoms with Crippen molar-refractivity contribution in [2.75, 3.05) is 5.32 Å². The predicted molar refractivity (Wildman–Crippen MR) is 81.1 cm³/mol. The lowest BCUT2D eigenvalue weighted by Crippen LogP contribution is -2.16. The Balaban J connectivity index is 1.99. The Kier molecular flexibility index (Phi) is 4.63. The van der Waals surface area contributed by atoms with E-state index in [9.17, 15) is 9.18 Å². The molecule has 0 aliphatic rings. The van der Waals surface area contributed by atoms with Gasteiger partial charge in [0.25, 0.3) is 0 Å². The summed E-state index contributed by atoms with van der Waals surface area (Å²) >= 11 is 6.05. The Morgan fingerprint density at radius 2 is 2.10 bits per heavy atom. The zero-order valence-electron chi connectivity index (χ0n) is 12.2. The van der Waals surface area contributed by atoms with Crippen LogP contribution in [0.1, 0.15) is 23.4 Å². The first kappa shape index (κ1) is 15.5. The van der Waals surface area contributed by atoms with Gasteiger partial charge in [0.15, 0.2) is 0 Å². The van der Waals surface area contributed by atoms with E-state index < -0.39 is 5.82 Å². The number of amides is 1. The zero-order valence-corrected chi connectivity index (χ0v) is 13.0. The molecule has 4 nitrogen and oxygen atoms in total. The molecule has 0 saturated heterocycles. The molecule has 0 atom stereocenters. The van der Waals surface area contributed by atoms with Gasteiger partial charge in [0, 0.05) is 6.42 Å². The van der Waals surface area contributed by atoms with E-state index in [0.29, 0.717) is 11.6 Å². The van der Waals surface area contributed by atoms with E-state index in [1.165, 1.54) is 6.07 Å². The van der Waals surface area contributed by atoms with Crippen LogP contribution in [0.15, 0.2) is 18.2 Å². The van der Waals surface area contributed by atoms with Crippen LogP contribution in [-0.4, -0.2) is 15.7 Å². The fourth-order valence-electron chi connectivity index (χ4n) is 2.05. The smallest absolute Gasteiger partial charge is 0.226 e. The number of rotatable bonds is 4. The molecule has 0 radical (unpaired) electrons. The molecule has 0 bridgehead atoms. The summed E-state index contributed by atoms with van der Waals surface area (Å²) in [6.45, 7) is 5.90. The van der Waals surface area contributed by atoms with E-state index >= 15 is 0 Å². The number of nitrogens with zero attached hydrogens (tertiary/aromatic N) is 2. The number of carbonyl (C=O) groups excluding carboxylic acids is 1. The van der Waals surface area contributed by atoms with Gasteiger partial charge in [-0.2, -0.15) is 5.10 Å². The first-order chi connectivity index (χ1) is 9.88. The average Bonchev–Trinajstić information content (AvgIpc) is 2.68. The maximum atomic E-state index is 13.6. The van der Waals surface area contributed by atoms with Crippen LogP contribution in [0.5, 0.6) is 0 Å². The van der Waals surface area contributed by atoms with E-state index in [1.807, 2.05) is 20.8 Å². The molecule has 6 heteroatoms. The van der Waals surface area contributed by atoms with E-state index in [-0.39, 0.29) is 18.0 Å². The number of carbonyl (C=O) groups is 1. The summed E-state index contributed by atoms with van der Waals surface area (Å²) in [6, 6.07) is 4.60. The first-order valence-corrected chi connectivity index (χ1v) is 7.02. The summed E-state index contributed by atoms with van der Waals surface area (Å²) in [5, 5.41) is 7.44. The van der Waals surface area contributed by atoms with E-state index in [2.05, 4.69) is 10.4 Å². The number of nitrogens with one attached hydrogen (secondary N) is 1. The topological polar surface area (TPSA) is 46.9 Å². The van der Waals surface area contributed by atoms with Gasteiger partial charge in [-0.05, 0) is 38.5 Å². The summed E-state index contributed by atoms with van der Waals surface area (Å²) < 4.78 is 15.2. The summed E-state index contributed by atoms with van der Waals surface area (Å²) in [6.07, 6.45) is 0.200. The number of aromatic nitrogens is 2. The van der Waals surface area contributed by atoms with Crippen molar-refractivity contribution in [3.05, 3.63) is 46.0 Å². The van der Waals surface area contributed by atoms with E-state index in [4.69, 9.17) is 11.6 Å². The highest BCUT2D eigenvalue weighted by Crippen LogP contribution is 2.19.